The maximum absolute atomic E-state index is 13.7. The third-order valence-corrected chi connectivity index (χ3v) is 7.65. The van der Waals surface area contributed by atoms with Crippen LogP contribution in [0.2, 0.25) is 0 Å². The third kappa shape index (κ3) is 10.3. The first-order chi connectivity index (χ1) is 20.7. The summed E-state index contributed by atoms with van der Waals surface area (Å²) in [5, 5.41) is 17.0. The van der Waals surface area contributed by atoms with Crippen LogP contribution in [0.5, 0.6) is 0 Å². The molecular weight excluding hydrogens is 568 g/mol. The number of methoxy groups -OCH3 is 2. The monoisotopic (exact) mass is 616 g/mol. The number of primary amides is 1. The van der Waals surface area contributed by atoms with Crippen LogP contribution in [0.4, 0.5) is 4.79 Å². The lowest BCUT2D eigenvalue weighted by atomic mass is 9.85. The standard InChI is InChI=1S/C32H48N4O8/c1-18-14-22-27(34-12-13-36(5)6)24(37)17-23(29(22)39)35-31(40)19(2)10-9-11-25(42-7)30(44-32(33)41)21(4)16-20(3)28(38)26(15-18)43-8/h9-11,16-18,20,25-26,28,30,34,38H,12-15H2,1-8H3,(H2,33,41)(H,35,40)/t18-,20-,25-,26-,28+,30-/m1/s1. The van der Waals surface area contributed by atoms with Gasteiger partial charge in [-0.3, -0.25) is 14.4 Å². The SMILES string of the molecule is CO[C@@H]1C=CC=C(C)C(=O)NC2=CC(=O)C(NCCN(C)C)=C(C[C@@H](C)C[C@@H](OC)[C@@H](O)[C@H](C)C=C(C)[C@H]1OC(N)=O)C2=O. The molecule has 0 spiro atoms. The number of Topliss-reactive ketones (excluding diaryl/α,β-unsaturated/α-hetero) is 1. The van der Waals surface area contributed by atoms with E-state index in [2.05, 4.69) is 10.6 Å². The highest BCUT2D eigenvalue weighted by Gasteiger charge is 2.33. The molecule has 0 aromatic carbocycles. The van der Waals surface area contributed by atoms with E-state index >= 15 is 0 Å². The van der Waals surface area contributed by atoms with Crippen LogP contribution in [-0.4, -0.2) is 99.4 Å². The Morgan fingerprint density at radius 1 is 1.16 bits per heavy atom. The van der Waals surface area contributed by atoms with Crippen molar-refractivity contribution in [1.29, 1.82) is 0 Å². The number of rotatable bonds is 7. The van der Waals surface area contributed by atoms with Gasteiger partial charge >= 0.3 is 6.09 Å². The summed E-state index contributed by atoms with van der Waals surface area (Å²) in [6, 6.07) is 0. The number of carbonyl (C=O) groups is 4. The van der Waals surface area contributed by atoms with Crippen LogP contribution in [0.25, 0.3) is 0 Å². The van der Waals surface area contributed by atoms with Gasteiger partial charge in [-0.25, -0.2) is 4.79 Å². The average Bonchev–Trinajstić information content (AvgIpc) is 2.95. The predicted octanol–water partition coefficient (Wildman–Crippen LogP) is 1.91. The number of nitrogens with one attached hydrogen (secondary N) is 2. The van der Waals surface area contributed by atoms with Gasteiger partial charge in [-0.05, 0) is 52.3 Å². The van der Waals surface area contributed by atoms with Crippen molar-refractivity contribution in [2.75, 3.05) is 41.4 Å². The molecule has 0 saturated carbocycles. The summed E-state index contributed by atoms with van der Waals surface area (Å²) in [5.74, 6) is -2.06. The fourth-order valence-electron chi connectivity index (χ4n) is 5.18. The Morgan fingerprint density at radius 2 is 1.84 bits per heavy atom. The van der Waals surface area contributed by atoms with E-state index in [-0.39, 0.29) is 34.9 Å². The number of hydrogen-bond donors (Lipinski definition) is 4. The molecule has 12 nitrogen and oxygen atoms in total. The molecule has 1 aliphatic carbocycles. The Bertz CT molecular complexity index is 1230. The molecule has 0 aromatic rings. The summed E-state index contributed by atoms with van der Waals surface area (Å²) in [5.41, 5.74) is 6.55. The maximum Gasteiger partial charge on any atom is 0.405 e. The lowest BCUT2D eigenvalue weighted by Crippen LogP contribution is -2.38. The highest BCUT2D eigenvalue weighted by atomic mass is 16.6. The minimum atomic E-state index is -0.997. The molecule has 12 heteroatoms. The number of nitrogens with zero attached hydrogens (tertiary/aromatic N) is 1. The van der Waals surface area contributed by atoms with Gasteiger partial charge in [0, 0.05) is 50.4 Å². The molecule has 2 rings (SSSR count). The summed E-state index contributed by atoms with van der Waals surface area (Å²) >= 11 is 0. The fraction of sp³-hybridized carbons (Fsp3) is 0.562. The predicted molar refractivity (Wildman–Crippen MR) is 166 cm³/mol. The molecule has 5 N–H and O–H groups in total. The number of carbonyl (C=O) groups excluding carboxylic acids is 4. The van der Waals surface area contributed by atoms with Crippen molar-refractivity contribution in [3.63, 3.8) is 0 Å². The molecule has 0 radical (unpaired) electrons. The molecule has 2 amide bonds. The van der Waals surface area contributed by atoms with Crippen LogP contribution in [0.1, 0.15) is 40.5 Å². The molecular formula is C32H48N4O8. The lowest BCUT2D eigenvalue weighted by molar-refractivity contribution is -0.120. The number of amides is 2. The van der Waals surface area contributed by atoms with Gasteiger partial charge in [-0.2, -0.15) is 0 Å². The normalized spacial score (nSPS) is 27.9. The Kier molecular flexibility index (Phi) is 14.2. The lowest BCUT2D eigenvalue weighted by Gasteiger charge is -2.30. The number of ether oxygens (including phenoxy) is 3. The summed E-state index contributed by atoms with van der Waals surface area (Å²) in [4.78, 5) is 53.7. The zero-order valence-electron chi connectivity index (χ0n) is 27.0. The molecule has 0 aromatic heterocycles. The largest absolute Gasteiger partial charge is 0.439 e. The Morgan fingerprint density at radius 3 is 2.43 bits per heavy atom. The van der Waals surface area contributed by atoms with Gasteiger partial charge in [-0.15, -0.1) is 0 Å². The Balaban J connectivity index is 2.60. The number of aliphatic hydroxyl groups excluding tert-OH is 1. The number of hydrogen-bond acceptors (Lipinski definition) is 10. The number of allylic oxidation sites excluding steroid dienone is 4. The summed E-state index contributed by atoms with van der Waals surface area (Å²) in [6.07, 6.45) is 3.88. The van der Waals surface area contributed by atoms with Crippen molar-refractivity contribution in [2.24, 2.45) is 17.6 Å². The van der Waals surface area contributed by atoms with Gasteiger partial charge in [0.2, 0.25) is 11.6 Å². The zero-order chi connectivity index (χ0) is 33.1. The van der Waals surface area contributed by atoms with Crippen molar-refractivity contribution in [3.8, 4) is 0 Å². The van der Waals surface area contributed by atoms with Crippen molar-refractivity contribution in [2.45, 2.75) is 65.0 Å². The van der Waals surface area contributed by atoms with E-state index in [9.17, 15) is 24.3 Å². The quantitative estimate of drug-likeness (QED) is 0.245. The molecule has 0 unspecified atom stereocenters. The molecule has 44 heavy (non-hydrogen) atoms. The van der Waals surface area contributed by atoms with E-state index in [1.807, 2.05) is 32.8 Å². The Labute approximate surface area is 260 Å². The Hall–Kier alpha value is -3.58. The first-order valence-corrected chi connectivity index (χ1v) is 14.7. The van der Waals surface area contributed by atoms with E-state index in [0.717, 1.165) is 6.08 Å². The second kappa shape index (κ2) is 17.0. The topological polar surface area (TPSA) is 170 Å². The van der Waals surface area contributed by atoms with Crippen molar-refractivity contribution in [1.82, 2.24) is 15.5 Å². The summed E-state index contributed by atoms with van der Waals surface area (Å²) < 4.78 is 16.6. The van der Waals surface area contributed by atoms with Gasteiger partial charge in [0.1, 0.15) is 6.10 Å². The van der Waals surface area contributed by atoms with Crippen LogP contribution in [0.3, 0.4) is 0 Å². The molecule has 2 bridgehead atoms. The van der Waals surface area contributed by atoms with Gasteiger partial charge < -0.3 is 40.6 Å². The van der Waals surface area contributed by atoms with E-state index in [4.69, 9.17) is 19.9 Å². The van der Waals surface area contributed by atoms with Gasteiger partial charge in [0.15, 0.2) is 6.10 Å². The molecule has 2 aliphatic rings. The molecule has 1 aliphatic heterocycles. The number of likely N-dealkylation sites (N-methyl/N-ethyl adjacent to an activating group) is 1. The zero-order valence-corrected chi connectivity index (χ0v) is 27.0. The van der Waals surface area contributed by atoms with E-state index in [0.29, 0.717) is 25.1 Å². The molecule has 6 atom stereocenters. The molecule has 244 valence electrons. The van der Waals surface area contributed by atoms with E-state index in [1.54, 1.807) is 32.1 Å². The van der Waals surface area contributed by atoms with Crippen LogP contribution >= 0.6 is 0 Å². The van der Waals surface area contributed by atoms with Crippen molar-refractivity contribution < 1.29 is 38.5 Å². The fourth-order valence-corrected chi connectivity index (χ4v) is 5.18. The number of ketones is 2. The van der Waals surface area contributed by atoms with Gasteiger partial charge in [-0.1, -0.05) is 38.2 Å². The number of nitrogens with two attached hydrogens (primary N) is 1. The van der Waals surface area contributed by atoms with Gasteiger partial charge in [0.25, 0.3) is 5.91 Å². The highest BCUT2D eigenvalue weighted by molar-refractivity contribution is 6.23. The number of fused-ring (bicyclic) bond motifs is 2. The van der Waals surface area contributed by atoms with Crippen molar-refractivity contribution in [3.05, 3.63) is 58.5 Å². The summed E-state index contributed by atoms with van der Waals surface area (Å²) in [6.45, 7) is 8.09. The highest BCUT2D eigenvalue weighted by Crippen LogP contribution is 2.28. The van der Waals surface area contributed by atoms with Crippen LogP contribution in [0, 0.1) is 11.8 Å². The first-order valence-electron chi connectivity index (χ1n) is 14.7. The van der Waals surface area contributed by atoms with Crippen molar-refractivity contribution >= 4 is 23.6 Å². The minimum Gasteiger partial charge on any atom is -0.439 e. The smallest absolute Gasteiger partial charge is 0.405 e. The molecule has 0 saturated heterocycles. The first kappa shape index (κ1) is 36.6. The second-order valence-corrected chi connectivity index (χ2v) is 11.7. The maximum atomic E-state index is 13.7. The number of aliphatic hydroxyl groups is 1. The second-order valence-electron chi connectivity index (χ2n) is 11.7. The molecule has 0 fully saturated rings. The molecule has 1 heterocycles. The van der Waals surface area contributed by atoms with E-state index in [1.165, 1.54) is 20.3 Å². The summed E-state index contributed by atoms with van der Waals surface area (Å²) in [7, 11) is 6.74. The average molecular weight is 617 g/mol. The van der Waals surface area contributed by atoms with Crippen LogP contribution < -0.4 is 16.4 Å². The van der Waals surface area contributed by atoms with Crippen LogP contribution in [0.15, 0.2) is 58.5 Å². The third-order valence-electron chi connectivity index (χ3n) is 7.65. The van der Waals surface area contributed by atoms with E-state index < -0.39 is 53.9 Å². The minimum absolute atomic E-state index is 0.114. The van der Waals surface area contributed by atoms with Gasteiger partial charge in [0.05, 0.1) is 23.6 Å². The van der Waals surface area contributed by atoms with Crippen LogP contribution in [-0.2, 0) is 28.6 Å².